The third-order valence-electron chi connectivity index (χ3n) is 4.28. The molecule has 0 spiro atoms. The van der Waals surface area contributed by atoms with E-state index in [0.717, 1.165) is 4.68 Å². The van der Waals surface area contributed by atoms with Gasteiger partial charge in [-0.15, -0.1) is 5.10 Å². The molecule has 3 aromatic rings. The summed E-state index contributed by atoms with van der Waals surface area (Å²) in [7, 11) is 0. The molecule has 0 unspecified atom stereocenters. The van der Waals surface area contributed by atoms with Crippen molar-refractivity contribution in [3.8, 4) is 0 Å². The SMILES string of the molecule is CCCC(=O)n1nc(NCc2c(F)cccc2Cl)nc1NCc1c(F)cccc1Cl. The fourth-order valence-electron chi connectivity index (χ4n) is 2.73. The van der Waals surface area contributed by atoms with Gasteiger partial charge >= 0.3 is 0 Å². The van der Waals surface area contributed by atoms with E-state index >= 15 is 0 Å². The number of nitrogens with one attached hydrogen (secondary N) is 2. The molecule has 1 aromatic heterocycles. The molecule has 0 bridgehead atoms. The second-order valence-electron chi connectivity index (χ2n) is 6.42. The maximum Gasteiger partial charge on any atom is 0.250 e. The highest BCUT2D eigenvalue weighted by molar-refractivity contribution is 6.31. The number of hydrogen-bond acceptors (Lipinski definition) is 5. The summed E-state index contributed by atoms with van der Waals surface area (Å²) in [6.07, 6.45) is 0.863. The van der Waals surface area contributed by atoms with Gasteiger partial charge in [-0.05, 0) is 30.7 Å². The Balaban J connectivity index is 1.81. The quantitative estimate of drug-likeness (QED) is 0.469. The average molecular weight is 454 g/mol. The minimum absolute atomic E-state index is 0.00217. The van der Waals surface area contributed by atoms with Gasteiger partial charge in [0.05, 0.1) is 0 Å². The monoisotopic (exact) mass is 453 g/mol. The first-order valence-corrected chi connectivity index (χ1v) is 10.00. The van der Waals surface area contributed by atoms with Gasteiger partial charge < -0.3 is 10.6 Å². The zero-order valence-corrected chi connectivity index (χ0v) is 17.6. The first kappa shape index (κ1) is 22.0. The molecule has 10 heteroatoms. The normalized spacial score (nSPS) is 10.8. The Morgan fingerprint density at radius 3 is 2.10 bits per heavy atom. The molecule has 6 nitrogen and oxygen atoms in total. The van der Waals surface area contributed by atoms with Crippen molar-refractivity contribution in [2.75, 3.05) is 10.6 Å². The van der Waals surface area contributed by atoms with E-state index in [-0.39, 0.29) is 58.5 Å². The molecule has 2 aromatic carbocycles. The molecule has 0 saturated carbocycles. The molecule has 158 valence electrons. The van der Waals surface area contributed by atoms with E-state index in [4.69, 9.17) is 23.2 Å². The van der Waals surface area contributed by atoms with Crippen molar-refractivity contribution in [3.63, 3.8) is 0 Å². The molecular formula is C20H19Cl2F2N5O. The van der Waals surface area contributed by atoms with E-state index in [0.29, 0.717) is 6.42 Å². The zero-order chi connectivity index (χ0) is 21.7. The number of carbonyl (C=O) groups is 1. The van der Waals surface area contributed by atoms with Crippen molar-refractivity contribution in [1.29, 1.82) is 0 Å². The van der Waals surface area contributed by atoms with E-state index in [9.17, 15) is 13.6 Å². The van der Waals surface area contributed by atoms with Crippen LogP contribution in [0.1, 0.15) is 35.7 Å². The van der Waals surface area contributed by atoms with Crippen LogP contribution in [-0.4, -0.2) is 20.7 Å². The second kappa shape index (κ2) is 9.86. The van der Waals surface area contributed by atoms with E-state index < -0.39 is 11.6 Å². The predicted molar refractivity (Wildman–Crippen MR) is 113 cm³/mol. The van der Waals surface area contributed by atoms with Gasteiger partial charge in [-0.3, -0.25) is 4.79 Å². The molecule has 0 aliphatic heterocycles. The molecule has 0 fully saturated rings. The largest absolute Gasteiger partial charge is 0.350 e. The maximum atomic E-state index is 14.0. The van der Waals surface area contributed by atoms with Crippen molar-refractivity contribution in [2.45, 2.75) is 32.9 Å². The van der Waals surface area contributed by atoms with Gasteiger partial charge in [0.2, 0.25) is 17.8 Å². The molecule has 30 heavy (non-hydrogen) atoms. The van der Waals surface area contributed by atoms with Crippen LogP contribution in [0.25, 0.3) is 0 Å². The number of halogens is 4. The number of anilines is 2. The van der Waals surface area contributed by atoms with Gasteiger partial charge in [0.1, 0.15) is 11.6 Å². The van der Waals surface area contributed by atoms with Crippen LogP contribution in [0.4, 0.5) is 20.7 Å². The van der Waals surface area contributed by atoms with Gasteiger partial charge in [-0.2, -0.15) is 9.67 Å². The van der Waals surface area contributed by atoms with Crippen LogP contribution >= 0.6 is 23.2 Å². The number of aromatic nitrogens is 3. The van der Waals surface area contributed by atoms with E-state index in [1.165, 1.54) is 24.3 Å². The summed E-state index contributed by atoms with van der Waals surface area (Å²) >= 11 is 12.1. The second-order valence-corrected chi connectivity index (χ2v) is 7.24. The third kappa shape index (κ3) is 5.06. The molecular weight excluding hydrogens is 435 g/mol. The highest BCUT2D eigenvalue weighted by Gasteiger charge is 2.17. The summed E-state index contributed by atoms with van der Waals surface area (Å²) in [5, 5.41) is 10.4. The van der Waals surface area contributed by atoms with E-state index in [1.807, 2.05) is 6.92 Å². The Hall–Kier alpha value is -2.71. The first-order chi connectivity index (χ1) is 14.4. The minimum atomic E-state index is -0.478. The molecule has 2 N–H and O–H groups in total. The molecule has 3 rings (SSSR count). The van der Waals surface area contributed by atoms with Crippen LogP contribution < -0.4 is 10.6 Å². The van der Waals surface area contributed by atoms with Gasteiger partial charge in [0.25, 0.3) is 0 Å². The van der Waals surface area contributed by atoms with Crippen molar-refractivity contribution >= 4 is 41.0 Å². The third-order valence-corrected chi connectivity index (χ3v) is 4.99. The lowest BCUT2D eigenvalue weighted by atomic mass is 10.2. The number of rotatable bonds is 8. The highest BCUT2D eigenvalue weighted by Crippen LogP contribution is 2.22. The van der Waals surface area contributed by atoms with Crippen LogP contribution in [0.2, 0.25) is 10.0 Å². The van der Waals surface area contributed by atoms with Crippen molar-refractivity contribution in [1.82, 2.24) is 14.8 Å². The summed E-state index contributed by atoms with van der Waals surface area (Å²) in [5.74, 6) is -1.02. The Bertz CT molecular complexity index is 1020. The number of carbonyl (C=O) groups excluding carboxylic acids is 1. The van der Waals surface area contributed by atoms with Crippen LogP contribution in [-0.2, 0) is 13.1 Å². The van der Waals surface area contributed by atoms with Crippen molar-refractivity contribution in [2.24, 2.45) is 0 Å². The topological polar surface area (TPSA) is 71.8 Å². The number of benzene rings is 2. The first-order valence-electron chi connectivity index (χ1n) is 9.24. The fraction of sp³-hybridized carbons (Fsp3) is 0.250. The summed E-state index contributed by atoms with van der Waals surface area (Å²) in [6.45, 7) is 1.89. The van der Waals surface area contributed by atoms with Gasteiger partial charge in [0, 0.05) is 40.7 Å². The van der Waals surface area contributed by atoms with Gasteiger partial charge in [0.15, 0.2) is 0 Å². The smallest absolute Gasteiger partial charge is 0.250 e. The molecule has 0 amide bonds. The van der Waals surface area contributed by atoms with Gasteiger partial charge in [-0.1, -0.05) is 42.3 Å². The Morgan fingerprint density at radius 1 is 1.00 bits per heavy atom. The summed E-state index contributed by atoms with van der Waals surface area (Å²) in [4.78, 5) is 16.7. The summed E-state index contributed by atoms with van der Waals surface area (Å²) in [5.41, 5.74) is 0.493. The molecule has 0 atom stereocenters. The Labute approximate surface area is 182 Å². The highest BCUT2D eigenvalue weighted by atomic mass is 35.5. The number of hydrogen-bond donors (Lipinski definition) is 2. The average Bonchev–Trinajstić information content (AvgIpc) is 3.11. The van der Waals surface area contributed by atoms with Gasteiger partial charge in [-0.25, -0.2) is 8.78 Å². The van der Waals surface area contributed by atoms with Crippen LogP contribution in [0, 0.1) is 11.6 Å². The van der Waals surface area contributed by atoms with Crippen LogP contribution in [0.15, 0.2) is 36.4 Å². The lowest BCUT2D eigenvalue weighted by Gasteiger charge is -2.09. The molecule has 0 aliphatic rings. The zero-order valence-electron chi connectivity index (χ0n) is 16.1. The Kier molecular flexibility index (Phi) is 7.23. The van der Waals surface area contributed by atoms with E-state index in [1.54, 1.807) is 12.1 Å². The molecule has 0 aliphatic carbocycles. The van der Waals surface area contributed by atoms with E-state index in [2.05, 4.69) is 20.7 Å². The van der Waals surface area contributed by atoms with Crippen LogP contribution in [0.5, 0.6) is 0 Å². The van der Waals surface area contributed by atoms with Crippen molar-refractivity contribution in [3.05, 3.63) is 69.2 Å². The lowest BCUT2D eigenvalue weighted by molar-refractivity contribution is 0.0888. The lowest BCUT2D eigenvalue weighted by Crippen LogP contribution is -2.16. The number of nitrogens with zero attached hydrogens (tertiary/aromatic N) is 3. The molecule has 1 heterocycles. The standard InChI is InChI=1S/C20H19Cl2F2N5O/c1-2-5-18(30)29-20(26-11-13-15(22)7-4-9-17(13)24)27-19(28-29)25-10-12-14(21)6-3-8-16(12)23/h3-4,6-9H,2,5,10-11H2,1H3,(H2,25,26,27,28). The summed E-state index contributed by atoms with van der Waals surface area (Å²) in [6, 6.07) is 8.74. The maximum absolute atomic E-state index is 14.0. The molecule has 0 radical (unpaired) electrons. The van der Waals surface area contributed by atoms with Crippen LogP contribution in [0.3, 0.4) is 0 Å². The fourth-order valence-corrected chi connectivity index (χ4v) is 3.19. The summed E-state index contributed by atoms with van der Waals surface area (Å²) < 4.78 is 29.1. The Morgan fingerprint density at radius 2 is 1.57 bits per heavy atom. The predicted octanol–water partition coefficient (Wildman–Crippen LogP) is 5.53. The minimum Gasteiger partial charge on any atom is -0.350 e. The van der Waals surface area contributed by atoms with Crippen molar-refractivity contribution < 1.29 is 13.6 Å². The molecule has 0 saturated heterocycles.